The maximum atomic E-state index is 5.62. The van der Waals surface area contributed by atoms with Crippen molar-refractivity contribution in [2.24, 2.45) is 11.5 Å². The molecular formula is C7H21N3O3Si. The summed E-state index contributed by atoms with van der Waals surface area (Å²) in [5.41, 5.74) is 10.9. The minimum atomic E-state index is -2.68. The SMILES string of the molecule is CO[Si](OC)(OC)C(CN)NCCN. The molecule has 0 saturated carbocycles. The Hall–Kier alpha value is -0.0231. The molecule has 86 valence electrons. The molecule has 14 heavy (non-hydrogen) atoms. The molecule has 0 aliphatic carbocycles. The second-order valence-corrected chi connectivity index (χ2v) is 5.88. The van der Waals surface area contributed by atoms with E-state index in [1.807, 2.05) is 0 Å². The van der Waals surface area contributed by atoms with Crippen LogP contribution in [0.4, 0.5) is 0 Å². The lowest BCUT2D eigenvalue weighted by atomic mass is 10.5. The van der Waals surface area contributed by atoms with Gasteiger partial charge in [-0.2, -0.15) is 0 Å². The minimum absolute atomic E-state index is 0.119. The summed E-state index contributed by atoms with van der Waals surface area (Å²) >= 11 is 0. The van der Waals surface area contributed by atoms with Crippen molar-refractivity contribution in [3.63, 3.8) is 0 Å². The first-order chi connectivity index (χ1) is 6.70. The molecule has 0 aromatic heterocycles. The van der Waals surface area contributed by atoms with Gasteiger partial charge in [0.05, 0.1) is 5.67 Å². The summed E-state index contributed by atoms with van der Waals surface area (Å²) in [7, 11) is 2.01. The van der Waals surface area contributed by atoms with Crippen LogP contribution in [0.5, 0.6) is 0 Å². The predicted molar refractivity (Wildman–Crippen MR) is 56.7 cm³/mol. The average molecular weight is 223 g/mol. The van der Waals surface area contributed by atoms with Crippen LogP contribution >= 0.6 is 0 Å². The van der Waals surface area contributed by atoms with Crippen LogP contribution in [0.1, 0.15) is 0 Å². The van der Waals surface area contributed by atoms with Gasteiger partial charge in [0.25, 0.3) is 0 Å². The molecule has 6 nitrogen and oxygen atoms in total. The molecule has 0 saturated heterocycles. The van der Waals surface area contributed by atoms with Crippen LogP contribution in [0, 0.1) is 0 Å². The number of hydrogen-bond acceptors (Lipinski definition) is 6. The van der Waals surface area contributed by atoms with Crippen molar-refractivity contribution in [2.45, 2.75) is 5.67 Å². The molecule has 0 aromatic carbocycles. The van der Waals surface area contributed by atoms with Gasteiger partial charge in [-0.25, -0.2) is 0 Å². The Morgan fingerprint density at radius 3 is 1.93 bits per heavy atom. The van der Waals surface area contributed by atoms with Gasteiger partial charge in [0.1, 0.15) is 0 Å². The van der Waals surface area contributed by atoms with Gasteiger partial charge in [0.15, 0.2) is 0 Å². The van der Waals surface area contributed by atoms with Crippen molar-refractivity contribution in [3.05, 3.63) is 0 Å². The Labute approximate surface area is 86.3 Å². The quantitative estimate of drug-likeness (QED) is 0.424. The Kier molecular flexibility index (Phi) is 7.28. The molecule has 0 spiro atoms. The lowest BCUT2D eigenvalue weighted by molar-refractivity contribution is 0.108. The predicted octanol–water partition coefficient (Wildman–Crippen LogP) is -1.72. The van der Waals surface area contributed by atoms with Gasteiger partial charge in [-0.05, 0) is 0 Å². The fourth-order valence-electron chi connectivity index (χ4n) is 1.29. The van der Waals surface area contributed by atoms with Crippen LogP contribution in [-0.2, 0) is 13.3 Å². The summed E-state index contributed by atoms with van der Waals surface area (Å²) in [5.74, 6) is 0. The summed E-state index contributed by atoms with van der Waals surface area (Å²) in [5, 5.41) is 3.15. The highest BCUT2D eigenvalue weighted by Crippen LogP contribution is 2.10. The van der Waals surface area contributed by atoms with E-state index in [-0.39, 0.29) is 5.67 Å². The van der Waals surface area contributed by atoms with Crippen molar-refractivity contribution in [3.8, 4) is 0 Å². The van der Waals surface area contributed by atoms with E-state index in [0.29, 0.717) is 19.6 Å². The van der Waals surface area contributed by atoms with Gasteiger partial charge in [-0.3, -0.25) is 0 Å². The summed E-state index contributed by atoms with van der Waals surface area (Å²) in [6.07, 6.45) is 0. The van der Waals surface area contributed by atoms with E-state index in [0.717, 1.165) is 0 Å². The smallest absolute Gasteiger partial charge is 0.376 e. The van der Waals surface area contributed by atoms with E-state index in [4.69, 9.17) is 24.7 Å². The molecule has 0 fully saturated rings. The van der Waals surface area contributed by atoms with E-state index >= 15 is 0 Å². The topological polar surface area (TPSA) is 91.8 Å². The summed E-state index contributed by atoms with van der Waals surface area (Å²) < 4.78 is 15.9. The van der Waals surface area contributed by atoms with Crippen LogP contribution in [0.2, 0.25) is 0 Å². The zero-order valence-electron chi connectivity index (χ0n) is 9.08. The fourth-order valence-corrected chi connectivity index (χ4v) is 3.32. The Morgan fingerprint density at radius 2 is 1.64 bits per heavy atom. The van der Waals surface area contributed by atoms with E-state index in [1.165, 1.54) is 0 Å². The third-order valence-electron chi connectivity index (χ3n) is 2.05. The van der Waals surface area contributed by atoms with Crippen molar-refractivity contribution in [1.29, 1.82) is 0 Å². The summed E-state index contributed by atoms with van der Waals surface area (Å²) in [6.45, 7) is 1.59. The molecule has 0 aromatic rings. The van der Waals surface area contributed by atoms with E-state index in [9.17, 15) is 0 Å². The zero-order chi connectivity index (χ0) is 11.0. The number of hydrogen-bond donors (Lipinski definition) is 3. The monoisotopic (exact) mass is 223 g/mol. The lowest BCUT2D eigenvalue weighted by Crippen LogP contribution is -2.63. The van der Waals surface area contributed by atoms with Gasteiger partial charge in [0.2, 0.25) is 0 Å². The Bertz CT molecular complexity index is 138. The Morgan fingerprint density at radius 1 is 1.14 bits per heavy atom. The number of nitrogens with one attached hydrogen (secondary N) is 1. The largest absolute Gasteiger partial charge is 0.519 e. The highest BCUT2D eigenvalue weighted by Gasteiger charge is 2.46. The van der Waals surface area contributed by atoms with Crippen LogP contribution in [-0.4, -0.2) is 55.4 Å². The normalized spacial score (nSPS) is 14.4. The molecule has 0 rings (SSSR count). The van der Waals surface area contributed by atoms with Crippen molar-refractivity contribution in [1.82, 2.24) is 5.32 Å². The molecule has 1 unspecified atom stereocenters. The fraction of sp³-hybridized carbons (Fsp3) is 1.00. The molecule has 0 radical (unpaired) electrons. The molecule has 0 aliphatic rings. The van der Waals surface area contributed by atoms with E-state index < -0.39 is 8.80 Å². The lowest BCUT2D eigenvalue weighted by Gasteiger charge is -2.32. The zero-order valence-corrected chi connectivity index (χ0v) is 10.1. The highest BCUT2D eigenvalue weighted by molar-refractivity contribution is 6.62. The first-order valence-corrected chi connectivity index (χ1v) is 6.29. The van der Waals surface area contributed by atoms with E-state index in [2.05, 4.69) is 5.32 Å². The maximum Gasteiger partial charge on any atom is 0.519 e. The van der Waals surface area contributed by atoms with Gasteiger partial charge in [0, 0.05) is 41.0 Å². The number of nitrogens with two attached hydrogens (primary N) is 2. The summed E-state index contributed by atoms with van der Waals surface area (Å²) in [4.78, 5) is 0. The van der Waals surface area contributed by atoms with Gasteiger partial charge >= 0.3 is 8.80 Å². The van der Waals surface area contributed by atoms with Crippen molar-refractivity contribution >= 4 is 8.80 Å². The molecule has 0 amide bonds. The first-order valence-electron chi connectivity index (χ1n) is 4.49. The standard InChI is InChI=1S/C7H21N3O3Si/c1-11-14(12-2,13-3)7(6-9)10-5-4-8/h7,10H,4-6,8-9H2,1-3H3. The van der Waals surface area contributed by atoms with Crippen molar-refractivity contribution < 1.29 is 13.3 Å². The van der Waals surface area contributed by atoms with Gasteiger partial charge in [-0.1, -0.05) is 0 Å². The molecule has 5 N–H and O–H groups in total. The van der Waals surface area contributed by atoms with Gasteiger partial charge < -0.3 is 30.1 Å². The second-order valence-electron chi connectivity index (χ2n) is 2.75. The highest BCUT2D eigenvalue weighted by atomic mass is 28.4. The van der Waals surface area contributed by atoms with Crippen LogP contribution in [0.15, 0.2) is 0 Å². The maximum absolute atomic E-state index is 5.62. The van der Waals surface area contributed by atoms with Crippen LogP contribution in [0.25, 0.3) is 0 Å². The molecule has 1 atom stereocenters. The molecule has 7 heteroatoms. The molecule has 0 heterocycles. The first kappa shape index (κ1) is 14.0. The van der Waals surface area contributed by atoms with E-state index in [1.54, 1.807) is 21.3 Å². The van der Waals surface area contributed by atoms with Gasteiger partial charge in [-0.15, -0.1) is 0 Å². The second kappa shape index (κ2) is 7.29. The average Bonchev–Trinajstić information content (AvgIpc) is 2.25. The van der Waals surface area contributed by atoms with Crippen LogP contribution < -0.4 is 16.8 Å². The van der Waals surface area contributed by atoms with Crippen LogP contribution in [0.3, 0.4) is 0 Å². The molecular weight excluding hydrogens is 202 g/mol. The summed E-state index contributed by atoms with van der Waals surface area (Å²) in [6, 6.07) is 0. The molecule has 0 aliphatic heterocycles. The number of rotatable bonds is 8. The van der Waals surface area contributed by atoms with Crippen molar-refractivity contribution in [2.75, 3.05) is 41.0 Å². The third kappa shape index (κ3) is 3.28. The molecule has 0 bridgehead atoms. The Balaban J connectivity index is 4.40. The minimum Gasteiger partial charge on any atom is -0.376 e. The third-order valence-corrected chi connectivity index (χ3v) is 5.05.